The number of nitrogens with zero attached hydrogens (tertiary/aromatic N) is 3. The molecule has 5 nitrogen and oxygen atoms in total. The second kappa shape index (κ2) is 6.33. The van der Waals surface area contributed by atoms with Gasteiger partial charge >= 0.3 is 6.09 Å². The maximum atomic E-state index is 13.6. The van der Waals surface area contributed by atoms with Crippen LogP contribution in [-0.2, 0) is 4.74 Å². The molecule has 1 amide bonds. The Balaban J connectivity index is 1.94. The molecule has 1 aliphatic rings. The van der Waals surface area contributed by atoms with Crippen LogP contribution in [0.1, 0.15) is 20.8 Å². The van der Waals surface area contributed by atoms with Gasteiger partial charge in [0.2, 0.25) is 0 Å². The Morgan fingerprint density at radius 1 is 1.33 bits per heavy atom. The maximum Gasteiger partial charge on any atom is 0.410 e. The van der Waals surface area contributed by atoms with Crippen LogP contribution >= 0.6 is 22.6 Å². The molecule has 116 valence electrons. The van der Waals surface area contributed by atoms with Crippen molar-refractivity contribution >= 4 is 34.5 Å². The number of amides is 1. The topological polar surface area (TPSA) is 45.7 Å². The van der Waals surface area contributed by atoms with Gasteiger partial charge in [0.1, 0.15) is 17.2 Å². The number of carbonyl (C=O) groups is 1. The minimum Gasteiger partial charge on any atom is -0.444 e. The number of halogens is 2. The molecule has 1 aromatic heterocycles. The van der Waals surface area contributed by atoms with Crippen LogP contribution in [0.3, 0.4) is 0 Å². The molecule has 0 N–H and O–H groups in total. The average Bonchev–Trinajstić information content (AvgIpc) is 2.40. The van der Waals surface area contributed by atoms with Crippen molar-refractivity contribution < 1.29 is 13.9 Å². The fraction of sp³-hybridized carbons (Fsp3) is 0.571. The molecule has 1 aromatic rings. The number of hydrogen-bond acceptors (Lipinski definition) is 4. The van der Waals surface area contributed by atoms with Crippen molar-refractivity contribution in [2.24, 2.45) is 0 Å². The summed E-state index contributed by atoms with van der Waals surface area (Å²) in [6.45, 7) is 7.87. The Kier molecular flexibility index (Phi) is 4.90. The van der Waals surface area contributed by atoms with Crippen molar-refractivity contribution in [2.45, 2.75) is 26.4 Å². The third-order valence-electron chi connectivity index (χ3n) is 3.05. The van der Waals surface area contributed by atoms with Crippen molar-refractivity contribution in [1.82, 2.24) is 9.88 Å². The predicted octanol–water partition coefficient (Wildman–Crippen LogP) is 2.88. The number of pyridine rings is 1. The highest BCUT2D eigenvalue weighted by molar-refractivity contribution is 14.1. The molecule has 2 rings (SSSR count). The molecule has 2 heterocycles. The van der Waals surface area contributed by atoms with E-state index in [4.69, 9.17) is 4.74 Å². The molecule has 0 saturated carbocycles. The molecule has 0 spiro atoms. The summed E-state index contributed by atoms with van der Waals surface area (Å²) < 4.78 is 19.4. The van der Waals surface area contributed by atoms with Gasteiger partial charge in [-0.1, -0.05) is 0 Å². The number of aromatic nitrogens is 1. The van der Waals surface area contributed by atoms with Gasteiger partial charge in [0.05, 0.1) is 3.57 Å². The summed E-state index contributed by atoms with van der Waals surface area (Å²) >= 11 is 1.91. The second-order valence-electron chi connectivity index (χ2n) is 5.91. The van der Waals surface area contributed by atoms with Gasteiger partial charge in [-0.3, -0.25) is 0 Å². The Hall–Kier alpha value is -1.12. The summed E-state index contributed by atoms with van der Waals surface area (Å²) in [7, 11) is 0. The van der Waals surface area contributed by atoms with Crippen LogP contribution in [0.4, 0.5) is 15.0 Å². The first-order valence-corrected chi connectivity index (χ1v) is 7.88. The summed E-state index contributed by atoms with van der Waals surface area (Å²) in [4.78, 5) is 19.8. The van der Waals surface area contributed by atoms with E-state index in [1.54, 1.807) is 4.90 Å². The lowest BCUT2D eigenvalue weighted by molar-refractivity contribution is 0.0240. The van der Waals surface area contributed by atoms with Gasteiger partial charge in [0.25, 0.3) is 0 Å². The molecule has 7 heteroatoms. The predicted molar refractivity (Wildman–Crippen MR) is 86.9 cm³/mol. The molecule has 0 aromatic carbocycles. The molecule has 0 atom stereocenters. The van der Waals surface area contributed by atoms with E-state index >= 15 is 0 Å². The fourth-order valence-electron chi connectivity index (χ4n) is 2.02. The van der Waals surface area contributed by atoms with E-state index in [0.717, 1.165) is 0 Å². The van der Waals surface area contributed by atoms with Gasteiger partial charge in [-0.15, -0.1) is 0 Å². The van der Waals surface area contributed by atoms with E-state index in [9.17, 15) is 9.18 Å². The molecular formula is C14H19FIN3O2. The summed E-state index contributed by atoms with van der Waals surface area (Å²) in [6, 6.07) is 1.44. The zero-order chi connectivity index (χ0) is 15.6. The standard InChI is InChI=1S/C14H19FIN3O2/c1-14(2,3)21-13(20)19-6-4-18(5-7-19)12-8-10(15)11(16)9-17-12/h8-9H,4-7H2,1-3H3. The summed E-state index contributed by atoms with van der Waals surface area (Å²) in [5.74, 6) is 0.340. The lowest BCUT2D eigenvalue weighted by atomic mass is 10.2. The van der Waals surface area contributed by atoms with Crippen molar-refractivity contribution in [1.29, 1.82) is 0 Å². The van der Waals surface area contributed by atoms with Crippen LogP contribution in [0.2, 0.25) is 0 Å². The molecule has 0 radical (unpaired) electrons. The number of rotatable bonds is 1. The van der Waals surface area contributed by atoms with Crippen molar-refractivity contribution in [3.63, 3.8) is 0 Å². The van der Waals surface area contributed by atoms with Crippen molar-refractivity contribution in [2.75, 3.05) is 31.1 Å². The lowest BCUT2D eigenvalue weighted by Gasteiger charge is -2.36. The zero-order valence-corrected chi connectivity index (χ0v) is 14.6. The minimum atomic E-state index is -0.491. The zero-order valence-electron chi connectivity index (χ0n) is 12.4. The number of piperazine rings is 1. The fourth-order valence-corrected chi connectivity index (χ4v) is 2.32. The highest BCUT2D eigenvalue weighted by atomic mass is 127. The summed E-state index contributed by atoms with van der Waals surface area (Å²) in [5, 5.41) is 0. The molecule has 1 fully saturated rings. The van der Waals surface area contributed by atoms with E-state index in [1.165, 1.54) is 12.3 Å². The Morgan fingerprint density at radius 3 is 2.48 bits per heavy atom. The smallest absolute Gasteiger partial charge is 0.410 e. The number of anilines is 1. The Bertz CT molecular complexity index is 525. The van der Waals surface area contributed by atoms with Crippen LogP contribution < -0.4 is 4.90 Å². The number of carbonyl (C=O) groups excluding carboxylic acids is 1. The van der Waals surface area contributed by atoms with Gasteiger partial charge < -0.3 is 14.5 Å². The summed E-state index contributed by atoms with van der Waals surface area (Å²) in [6.07, 6.45) is 1.22. The van der Waals surface area contributed by atoms with E-state index in [1.807, 2.05) is 48.3 Å². The SMILES string of the molecule is CC(C)(C)OC(=O)N1CCN(c2cc(F)c(I)cn2)CC1. The van der Waals surface area contributed by atoms with Gasteiger partial charge in [-0.05, 0) is 43.4 Å². The average molecular weight is 407 g/mol. The van der Waals surface area contributed by atoms with Crippen LogP contribution in [-0.4, -0.2) is 47.8 Å². The Labute approximate surface area is 137 Å². The third-order valence-corrected chi connectivity index (χ3v) is 3.84. The van der Waals surface area contributed by atoms with Crippen molar-refractivity contribution in [3.8, 4) is 0 Å². The molecule has 1 saturated heterocycles. The molecule has 0 unspecified atom stereocenters. The number of ether oxygens (including phenoxy) is 1. The van der Waals surface area contributed by atoms with E-state index in [2.05, 4.69) is 4.98 Å². The normalized spacial score (nSPS) is 16.0. The highest BCUT2D eigenvalue weighted by Crippen LogP contribution is 2.19. The first-order chi connectivity index (χ1) is 9.76. The highest BCUT2D eigenvalue weighted by Gasteiger charge is 2.26. The monoisotopic (exact) mass is 407 g/mol. The van der Waals surface area contributed by atoms with Gasteiger partial charge in [-0.25, -0.2) is 14.2 Å². The molecular weight excluding hydrogens is 388 g/mol. The number of hydrogen-bond donors (Lipinski definition) is 0. The van der Waals surface area contributed by atoms with Crippen LogP contribution in [0.25, 0.3) is 0 Å². The van der Waals surface area contributed by atoms with Gasteiger partial charge in [-0.2, -0.15) is 0 Å². The molecule has 1 aliphatic heterocycles. The van der Waals surface area contributed by atoms with E-state index in [-0.39, 0.29) is 11.9 Å². The van der Waals surface area contributed by atoms with Crippen LogP contribution in [0.15, 0.2) is 12.3 Å². The van der Waals surface area contributed by atoms with Crippen molar-refractivity contribution in [3.05, 3.63) is 21.7 Å². The minimum absolute atomic E-state index is 0.268. The largest absolute Gasteiger partial charge is 0.444 e. The van der Waals surface area contributed by atoms with Crippen LogP contribution in [0, 0.1) is 9.39 Å². The molecule has 21 heavy (non-hydrogen) atoms. The second-order valence-corrected chi connectivity index (χ2v) is 7.07. The first kappa shape index (κ1) is 16.3. The lowest BCUT2D eigenvalue weighted by Crippen LogP contribution is -2.50. The summed E-state index contributed by atoms with van der Waals surface area (Å²) in [5.41, 5.74) is -0.491. The Morgan fingerprint density at radius 2 is 1.95 bits per heavy atom. The van der Waals surface area contributed by atoms with Gasteiger partial charge in [0.15, 0.2) is 0 Å². The third kappa shape index (κ3) is 4.42. The van der Waals surface area contributed by atoms with Crippen LogP contribution in [0.5, 0.6) is 0 Å². The first-order valence-electron chi connectivity index (χ1n) is 6.80. The quantitative estimate of drug-likeness (QED) is 0.672. The van der Waals surface area contributed by atoms with E-state index in [0.29, 0.717) is 35.6 Å². The van der Waals surface area contributed by atoms with E-state index < -0.39 is 5.60 Å². The van der Waals surface area contributed by atoms with Gasteiger partial charge in [0, 0.05) is 38.4 Å². The maximum absolute atomic E-state index is 13.6. The molecule has 0 bridgehead atoms. The molecule has 0 aliphatic carbocycles.